The van der Waals surface area contributed by atoms with Crippen molar-refractivity contribution in [3.63, 3.8) is 0 Å². The second-order valence-corrected chi connectivity index (χ2v) is 6.73. The van der Waals surface area contributed by atoms with Crippen LogP contribution in [0.3, 0.4) is 0 Å². The number of rotatable bonds is 1. The van der Waals surface area contributed by atoms with Gasteiger partial charge in [0.25, 0.3) is 5.91 Å². The van der Waals surface area contributed by atoms with Crippen molar-refractivity contribution in [1.82, 2.24) is 4.90 Å². The van der Waals surface area contributed by atoms with E-state index in [1.54, 1.807) is 26.8 Å². The standard InChI is InChI=1S/C14H19NO6/c1-12(2,3)20-11(17)15-9(5-6-10(15)16)14-18-7-13(4,21-14)8-19-14/h5-6,9H,7-8H2,1-4H3/t9-,13?,14?/m0/s1. The summed E-state index contributed by atoms with van der Waals surface area (Å²) >= 11 is 0. The van der Waals surface area contributed by atoms with Crippen molar-refractivity contribution in [1.29, 1.82) is 0 Å². The molecule has 3 heterocycles. The number of nitrogens with zero attached hydrogens (tertiary/aromatic N) is 1. The van der Waals surface area contributed by atoms with Gasteiger partial charge < -0.3 is 18.9 Å². The van der Waals surface area contributed by atoms with Gasteiger partial charge in [-0.2, -0.15) is 0 Å². The first-order valence-corrected chi connectivity index (χ1v) is 6.87. The zero-order valence-corrected chi connectivity index (χ0v) is 12.5. The molecule has 0 unspecified atom stereocenters. The number of ether oxygens (including phenoxy) is 4. The SMILES string of the molecule is CC(C)(C)OC(=O)N1C(=O)C=C[C@H]1C12OCC(C)(CO1)O2. The molecule has 0 N–H and O–H groups in total. The third-order valence-electron chi connectivity index (χ3n) is 3.44. The minimum absolute atomic E-state index is 0.355. The molecule has 1 atom stereocenters. The molecule has 21 heavy (non-hydrogen) atoms. The highest BCUT2D eigenvalue weighted by Gasteiger charge is 2.63. The third-order valence-corrected chi connectivity index (χ3v) is 3.44. The summed E-state index contributed by atoms with van der Waals surface area (Å²) in [6.07, 6.45) is 2.10. The Bertz CT molecular complexity index is 512. The molecule has 2 saturated heterocycles. The van der Waals surface area contributed by atoms with Gasteiger partial charge in [0.15, 0.2) is 0 Å². The van der Waals surface area contributed by atoms with E-state index in [1.807, 2.05) is 6.92 Å². The third kappa shape index (κ3) is 2.35. The van der Waals surface area contributed by atoms with Crippen LogP contribution in [0, 0.1) is 0 Å². The van der Waals surface area contributed by atoms with Crippen molar-refractivity contribution >= 4 is 12.0 Å². The molecule has 3 aliphatic heterocycles. The molecule has 0 aliphatic carbocycles. The van der Waals surface area contributed by atoms with E-state index in [2.05, 4.69) is 0 Å². The van der Waals surface area contributed by atoms with Crippen LogP contribution in [0.4, 0.5) is 4.79 Å². The number of carbonyl (C=O) groups is 2. The van der Waals surface area contributed by atoms with Crippen LogP contribution < -0.4 is 0 Å². The summed E-state index contributed by atoms with van der Waals surface area (Å²) in [5, 5.41) is 0. The van der Waals surface area contributed by atoms with Crippen molar-refractivity contribution in [3.05, 3.63) is 12.2 Å². The maximum absolute atomic E-state index is 12.3. The van der Waals surface area contributed by atoms with Crippen LogP contribution in [0.2, 0.25) is 0 Å². The molecule has 0 aromatic carbocycles. The number of imide groups is 1. The van der Waals surface area contributed by atoms with Crippen LogP contribution in [0.5, 0.6) is 0 Å². The highest BCUT2D eigenvalue weighted by atomic mass is 16.9. The molecule has 0 saturated carbocycles. The Labute approximate surface area is 122 Å². The summed E-state index contributed by atoms with van der Waals surface area (Å²) in [6.45, 7) is 7.77. The van der Waals surface area contributed by atoms with E-state index < -0.39 is 35.2 Å². The number of amides is 2. The van der Waals surface area contributed by atoms with E-state index in [4.69, 9.17) is 18.9 Å². The van der Waals surface area contributed by atoms with Gasteiger partial charge >= 0.3 is 12.1 Å². The maximum Gasteiger partial charge on any atom is 0.418 e. The lowest BCUT2D eigenvalue weighted by atomic mass is 10.1. The average Bonchev–Trinajstić information content (AvgIpc) is 2.97. The molecular weight excluding hydrogens is 278 g/mol. The fraction of sp³-hybridized carbons (Fsp3) is 0.714. The molecule has 0 aromatic heterocycles. The largest absolute Gasteiger partial charge is 0.443 e. The van der Waals surface area contributed by atoms with Crippen LogP contribution in [0.1, 0.15) is 27.7 Å². The first-order valence-electron chi connectivity index (χ1n) is 6.87. The second kappa shape index (κ2) is 4.28. The molecule has 3 aliphatic rings. The van der Waals surface area contributed by atoms with Crippen LogP contribution in [-0.2, 0) is 23.7 Å². The van der Waals surface area contributed by atoms with E-state index in [-0.39, 0.29) is 0 Å². The molecule has 7 heteroatoms. The molecule has 0 aromatic rings. The number of carbonyl (C=O) groups excluding carboxylic acids is 2. The van der Waals surface area contributed by atoms with Gasteiger partial charge in [0, 0.05) is 6.08 Å². The lowest BCUT2D eigenvalue weighted by molar-refractivity contribution is -0.315. The zero-order chi connectivity index (χ0) is 15.5. The van der Waals surface area contributed by atoms with E-state index in [0.717, 1.165) is 4.90 Å². The smallest absolute Gasteiger partial charge is 0.418 e. The fourth-order valence-corrected chi connectivity index (χ4v) is 2.55. The highest BCUT2D eigenvalue weighted by molar-refractivity contribution is 6.01. The lowest BCUT2D eigenvalue weighted by Crippen LogP contribution is -2.55. The van der Waals surface area contributed by atoms with Crippen LogP contribution in [0.25, 0.3) is 0 Å². The van der Waals surface area contributed by atoms with Gasteiger partial charge in [-0.25, -0.2) is 9.69 Å². The normalized spacial score (nSPS) is 38.4. The monoisotopic (exact) mass is 297 g/mol. The molecular formula is C14H19NO6. The van der Waals surface area contributed by atoms with Gasteiger partial charge in [-0.3, -0.25) is 4.79 Å². The maximum atomic E-state index is 12.3. The molecule has 2 amide bonds. The Morgan fingerprint density at radius 1 is 1.38 bits per heavy atom. The van der Waals surface area contributed by atoms with E-state index >= 15 is 0 Å². The highest BCUT2D eigenvalue weighted by Crippen LogP contribution is 2.45. The second-order valence-electron chi connectivity index (χ2n) is 6.73. The lowest BCUT2D eigenvalue weighted by Gasteiger charge is -2.34. The molecule has 2 fully saturated rings. The van der Waals surface area contributed by atoms with Crippen molar-refractivity contribution in [2.45, 2.75) is 50.9 Å². The predicted molar refractivity (Wildman–Crippen MR) is 70.1 cm³/mol. The number of hydrogen-bond acceptors (Lipinski definition) is 6. The van der Waals surface area contributed by atoms with Crippen molar-refractivity contribution in [3.8, 4) is 0 Å². The zero-order valence-electron chi connectivity index (χ0n) is 12.5. The first kappa shape index (κ1) is 14.5. The number of fused-ring (bicyclic) bond motifs is 2. The molecule has 0 spiro atoms. The Morgan fingerprint density at radius 2 is 2.00 bits per heavy atom. The van der Waals surface area contributed by atoms with Gasteiger partial charge in [-0.05, 0) is 33.8 Å². The summed E-state index contributed by atoms with van der Waals surface area (Å²) in [4.78, 5) is 25.2. The first-order chi connectivity index (χ1) is 9.64. The summed E-state index contributed by atoms with van der Waals surface area (Å²) in [7, 11) is 0. The minimum Gasteiger partial charge on any atom is -0.443 e. The Hall–Kier alpha value is -1.44. The van der Waals surface area contributed by atoms with Gasteiger partial charge in [-0.15, -0.1) is 0 Å². The molecule has 116 valence electrons. The van der Waals surface area contributed by atoms with Crippen molar-refractivity contribution < 1.29 is 28.5 Å². The average molecular weight is 297 g/mol. The quantitative estimate of drug-likeness (QED) is 0.723. The van der Waals surface area contributed by atoms with Crippen LogP contribution >= 0.6 is 0 Å². The van der Waals surface area contributed by atoms with Crippen molar-refractivity contribution in [2.24, 2.45) is 0 Å². The minimum atomic E-state index is -1.42. The Balaban J connectivity index is 1.84. The molecule has 0 radical (unpaired) electrons. The van der Waals surface area contributed by atoms with Crippen LogP contribution in [-0.4, -0.2) is 53.3 Å². The predicted octanol–water partition coefficient (Wildman–Crippen LogP) is 1.18. The Morgan fingerprint density at radius 3 is 2.48 bits per heavy atom. The summed E-state index contributed by atoms with van der Waals surface area (Å²) in [6, 6.07) is -0.788. The summed E-state index contributed by atoms with van der Waals surface area (Å²) in [5.74, 6) is -1.89. The van der Waals surface area contributed by atoms with Gasteiger partial charge in [-0.1, -0.05) is 0 Å². The van der Waals surface area contributed by atoms with Gasteiger partial charge in [0.2, 0.25) is 0 Å². The Kier molecular flexibility index (Phi) is 2.96. The topological polar surface area (TPSA) is 74.3 Å². The molecule has 7 nitrogen and oxygen atoms in total. The van der Waals surface area contributed by atoms with Gasteiger partial charge in [0.05, 0.1) is 13.2 Å². The van der Waals surface area contributed by atoms with E-state index in [0.29, 0.717) is 13.2 Å². The van der Waals surface area contributed by atoms with E-state index in [1.165, 1.54) is 6.08 Å². The summed E-state index contributed by atoms with van der Waals surface area (Å²) < 4.78 is 22.2. The summed E-state index contributed by atoms with van der Waals surface area (Å²) in [5.41, 5.74) is -1.25. The molecule has 3 rings (SSSR count). The van der Waals surface area contributed by atoms with Gasteiger partial charge in [0.1, 0.15) is 17.2 Å². The molecule has 2 bridgehead atoms. The van der Waals surface area contributed by atoms with Crippen molar-refractivity contribution in [2.75, 3.05) is 13.2 Å². The fourth-order valence-electron chi connectivity index (χ4n) is 2.55. The number of hydrogen-bond donors (Lipinski definition) is 0. The van der Waals surface area contributed by atoms with E-state index in [9.17, 15) is 9.59 Å². The van der Waals surface area contributed by atoms with Crippen LogP contribution in [0.15, 0.2) is 12.2 Å².